The normalized spacial score (nSPS) is 54.8. The number of aliphatic hydroxyl groups is 6. The molecule has 0 spiro atoms. The van der Waals surface area contributed by atoms with Crippen molar-refractivity contribution in [3.05, 3.63) is 11.6 Å². The van der Waals surface area contributed by atoms with E-state index in [0.29, 0.717) is 51.4 Å². The zero-order valence-electron chi connectivity index (χ0n) is 34.1. The summed E-state index contributed by atoms with van der Waals surface area (Å²) in [5.74, 6) is -1.18. The number of ketones is 1. The first kappa shape index (κ1) is 43.0. The predicted molar refractivity (Wildman–Crippen MR) is 197 cm³/mol. The number of carbonyl (C=O) groups excluding carboxylic acids is 1. The summed E-state index contributed by atoms with van der Waals surface area (Å²) in [5.41, 5.74) is -1.65. The van der Waals surface area contributed by atoms with Crippen LogP contribution in [-0.4, -0.2) is 154 Å². The molecule has 22 unspecified atom stereocenters. The van der Waals surface area contributed by atoms with Gasteiger partial charge >= 0.3 is 0 Å². The Hall–Kier alpha value is -1.15. The van der Waals surface area contributed by atoms with E-state index in [1.807, 2.05) is 6.92 Å². The number of hydrogen-bond donors (Lipinski definition) is 6. The van der Waals surface area contributed by atoms with Crippen LogP contribution in [-0.2, 0) is 42.7 Å². The van der Waals surface area contributed by atoms with Gasteiger partial charge in [-0.25, -0.2) is 0 Å². The van der Waals surface area contributed by atoms with Gasteiger partial charge in [0.15, 0.2) is 18.9 Å². The first-order valence-corrected chi connectivity index (χ1v) is 20.7. The van der Waals surface area contributed by atoms with Gasteiger partial charge in [-0.1, -0.05) is 25.5 Å². The third-order valence-corrected chi connectivity index (χ3v) is 15.4. The fourth-order valence-electron chi connectivity index (χ4n) is 12.1. The van der Waals surface area contributed by atoms with Gasteiger partial charge in [0.25, 0.3) is 0 Å². The zero-order valence-corrected chi connectivity index (χ0v) is 34.1. The highest BCUT2D eigenvalue weighted by molar-refractivity contribution is 5.80. The fourth-order valence-corrected chi connectivity index (χ4v) is 12.1. The minimum absolute atomic E-state index is 0.0547. The maximum absolute atomic E-state index is 12.7. The molecule has 7 rings (SSSR count). The number of allylic oxidation sites excluding steroid dienone is 1. The summed E-state index contributed by atoms with van der Waals surface area (Å²) in [7, 11) is 3.18. The lowest BCUT2D eigenvalue weighted by molar-refractivity contribution is -0.351. The van der Waals surface area contributed by atoms with Crippen LogP contribution in [0.25, 0.3) is 0 Å². The maximum Gasteiger partial charge on any atom is 0.187 e. The third-order valence-electron chi connectivity index (χ3n) is 15.4. The SMILES string of the molecule is COC1CC(OC2CCC3(C)C(=CCC4C3C(O)C(O)C3(C)C(C(C)=O)CCC43O)C2)OC(C)C1OC1CC(OC)C(OC2OC(C)C(O)C(O)C2O)C(C)O1. The number of fused-ring (bicyclic) bond motifs is 5. The molecule has 6 fully saturated rings. The molecule has 3 saturated heterocycles. The van der Waals surface area contributed by atoms with Gasteiger partial charge < -0.3 is 68.5 Å². The number of hydrogen-bond acceptors (Lipinski definition) is 15. The molecular formula is C41H66O15. The molecule has 0 aromatic heterocycles. The molecule has 15 nitrogen and oxygen atoms in total. The fraction of sp³-hybridized carbons (Fsp3) is 0.927. The lowest BCUT2D eigenvalue weighted by atomic mass is 9.44. The Bertz CT molecular complexity index is 1450. The molecule has 3 saturated carbocycles. The molecule has 22 atom stereocenters. The molecule has 0 bridgehead atoms. The van der Waals surface area contributed by atoms with E-state index >= 15 is 0 Å². The Morgan fingerprint density at radius 2 is 1.38 bits per heavy atom. The summed E-state index contributed by atoms with van der Waals surface area (Å²) < 4.78 is 49.3. The van der Waals surface area contributed by atoms with Crippen LogP contribution in [0, 0.1) is 28.6 Å². The Labute approximate surface area is 329 Å². The van der Waals surface area contributed by atoms with Crippen molar-refractivity contribution in [2.75, 3.05) is 14.2 Å². The number of methoxy groups -OCH3 is 2. The van der Waals surface area contributed by atoms with E-state index in [1.54, 1.807) is 35.0 Å². The lowest BCUT2D eigenvalue weighted by Gasteiger charge is -2.64. The van der Waals surface area contributed by atoms with E-state index in [9.17, 15) is 35.4 Å². The van der Waals surface area contributed by atoms with E-state index in [0.717, 1.165) is 5.57 Å². The van der Waals surface area contributed by atoms with Gasteiger partial charge in [-0.15, -0.1) is 0 Å². The maximum atomic E-state index is 12.7. The smallest absolute Gasteiger partial charge is 0.187 e. The number of Topliss-reactive ketones (excluding diaryl/α,β-unsaturated/α-hetero) is 1. The van der Waals surface area contributed by atoms with Crippen LogP contribution < -0.4 is 0 Å². The predicted octanol–water partition coefficient (Wildman–Crippen LogP) is 1.49. The third kappa shape index (κ3) is 6.96. The number of rotatable bonds is 9. The van der Waals surface area contributed by atoms with E-state index < -0.39 is 108 Å². The summed E-state index contributed by atoms with van der Waals surface area (Å²) in [6.07, 6.45) is -6.28. The molecule has 0 amide bonds. The Morgan fingerprint density at radius 1 is 0.768 bits per heavy atom. The zero-order chi connectivity index (χ0) is 40.6. The highest BCUT2D eigenvalue weighted by Crippen LogP contribution is 2.68. The summed E-state index contributed by atoms with van der Waals surface area (Å²) in [6.45, 7) is 10.8. The Morgan fingerprint density at radius 3 is 1.98 bits per heavy atom. The van der Waals surface area contributed by atoms with Crippen molar-refractivity contribution in [1.29, 1.82) is 0 Å². The second-order valence-corrected chi connectivity index (χ2v) is 18.3. The summed E-state index contributed by atoms with van der Waals surface area (Å²) in [4.78, 5) is 12.7. The quantitative estimate of drug-likeness (QED) is 0.183. The number of carbonyl (C=O) groups is 1. The van der Waals surface area contributed by atoms with Gasteiger partial charge in [-0.3, -0.25) is 4.79 Å². The topological polar surface area (TPSA) is 212 Å². The molecule has 7 aliphatic rings. The minimum atomic E-state index is -1.46. The van der Waals surface area contributed by atoms with Gasteiger partial charge in [0.2, 0.25) is 0 Å². The van der Waals surface area contributed by atoms with Gasteiger partial charge in [0, 0.05) is 44.3 Å². The van der Waals surface area contributed by atoms with Crippen LogP contribution >= 0.6 is 0 Å². The highest BCUT2D eigenvalue weighted by Gasteiger charge is 2.73. The molecule has 0 radical (unpaired) electrons. The van der Waals surface area contributed by atoms with Crippen LogP contribution in [0.3, 0.4) is 0 Å². The molecule has 0 aromatic rings. The summed E-state index contributed by atoms with van der Waals surface area (Å²) >= 11 is 0. The van der Waals surface area contributed by atoms with Crippen LogP contribution in [0.5, 0.6) is 0 Å². The van der Waals surface area contributed by atoms with E-state index in [4.69, 9.17) is 37.9 Å². The van der Waals surface area contributed by atoms with E-state index in [2.05, 4.69) is 13.0 Å². The van der Waals surface area contributed by atoms with Crippen LogP contribution in [0.2, 0.25) is 0 Å². The average Bonchev–Trinajstić information content (AvgIpc) is 3.45. The van der Waals surface area contributed by atoms with E-state index in [-0.39, 0.29) is 29.8 Å². The summed E-state index contributed by atoms with van der Waals surface area (Å²) in [6, 6.07) is 0. The van der Waals surface area contributed by atoms with Crippen LogP contribution in [0.15, 0.2) is 11.6 Å². The van der Waals surface area contributed by atoms with Gasteiger partial charge in [-0.05, 0) is 77.6 Å². The molecule has 0 aromatic carbocycles. The second-order valence-electron chi connectivity index (χ2n) is 18.3. The van der Waals surface area contributed by atoms with Crippen molar-refractivity contribution < 1.29 is 73.3 Å². The Balaban J connectivity index is 0.963. The van der Waals surface area contributed by atoms with Crippen molar-refractivity contribution in [2.24, 2.45) is 28.6 Å². The molecule has 3 heterocycles. The average molecular weight is 799 g/mol. The standard InChI is InChI=1S/C41H66O15/c1-18(42)24-12-14-41(48)25-10-9-22-15-23(11-13-39(22,5)30(25)32(44)37(47)40(24,41)6)54-28-16-26(49-7)35(20(3)51-28)55-29-17-27(50-8)36(21(4)52-29)56-38-34(46)33(45)31(43)19(2)53-38/h9,19-21,23-38,43-48H,10-17H2,1-8H3. The number of ether oxygens (including phenoxy) is 8. The van der Waals surface area contributed by atoms with Crippen LogP contribution in [0.1, 0.15) is 92.9 Å². The molecule has 6 N–H and O–H groups in total. The van der Waals surface area contributed by atoms with Gasteiger partial charge in [-0.2, -0.15) is 0 Å². The van der Waals surface area contributed by atoms with Crippen molar-refractivity contribution >= 4 is 5.78 Å². The van der Waals surface area contributed by atoms with Crippen molar-refractivity contribution in [2.45, 2.75) is 197 Å². The Kier molecular flexibility index (Phi) is 12.3. The van der Waals surface area contributed by atoms with E-state index in [1.165, 1.54) is 6.92 Å². The monoisotopic (exact) mass is 798 g/mol. The molecule has 3 aliphatic heterocycles. The lowest BCUT2D eigenvalue weighted by Crippen LogP contribution is -2.71. The van der Waals surface area contributed by atoms with Gasteiger partial charge in [0.05, 0.1) is 54.4 Å². The molecular weight excluding hydrogens is 732 g/mol. The highest BCUT2D eigenvalue weighted by atomic mass is 16.7. The molecule has 56 heavy (non-hydrogen) atoms. The molecule has 4 aliphatic carbocycles. The van der Waals surface area contributed by atoms with Crippen molar-refractivity contribution in [3.63, 3.8) is 0 Å². The largest absolute Gasteiger partial charge is 0.390 e. The minimum Gasteiger partial charge on any atom is -0.390 e. The number of aliphatic hydroxyl groups excluding tert-OH is 5. The molecule has 320 valence electrons. The second kappa shape index (κ2) is 16.0. The summed E-state index contributed by atoms with van der Waals surface area (Å²) in [5, 5.41) is 66.6. The molecule has 15 heteroatoms. The van der Waals surface area contributed by atoms with Crippen molar-refractivity contribution in [1.82, 2.24) is 0 Å². The van der Waals surface area contributed by atoms with Crippen molar-refractivity contribution in [3.8, 4) is 0 Å². The first-order chi connectivity index (χ1) is 26.4. The van der Waals surface area contributed by atoms with Gasteiger partial charge in [0.1, 0.15) is 36.3 Å². The first-order valence-electron chi connectivity index (χ1n) is 20.7. The van der Waals surface area contributed by atoms with Crippen LogP contribution in [0.4, 0.5) is 0 Å².